The first-order valence-electron chi connectivity index (χ1n) is 4.95. The van der Waals surface area contributed by atoms with Crippen molar-refractivity contribution in [2.24, 2.45) is 0 Å². The molecule has 0 unspecified atom stereocenters. The lowest BCUT2D eigenvalue weighted by atomic mass is 10.0. The average molecular weight is 285 g/mol. The van der Waals surface area contributed by atoms with Gasteiger partial charge in [0.05, 0.1) is 6.61 Å². The van der Waals surface area contributed by atoms with Crippen LogP contribution in [0, 0.1) is 13.8 Å². The van der Waals surface area contributed by atoms with Crippen LogP contribution in [0.4, 0.5) is 0 Å². The molecule has 1 rings (SSSR count). The van der Waals surface area contributed by atoms with Crippen molar-refractivity contribution in [3.05, 3.63) is 33.3 Å². The van der Waals surface area contributed by atoms with Crippen LogP contribution in [0.3, 0.4) is 0 Å². The Kier molecular flexibility index (Phi) is 4.24. The fourth-order valence-electron chi connectivity index (χ4n) is 1.36. The molecule has 3 nitrogen and oxygen atoms in total. The molecule has 16 heavy (non-hydrogen) atoms. The van der Waals surface area contributed by atoms with Crippen LogP contribution in [-0.4, -0.2) is 18.4 Å². The molecule has 0 saturated heterocycles. The van der Waals surface area contributed by atoms with Gasteiger partial charge in [-0.3, -0.25) is 4.79 Å². The molecule has 0 spiro atoms. The summed E-state index contributed by atoms with van der Waals surface area (Å²) in [5.74, 6) is -1.40. The van der Waals surface area contributed by atoms with Crippen molar-refractivity contribution in [3.8, 4) is 0 Å². The first kappa shape index (κ1) is 12.9. The number of Topliss-reactive ketones (excluding diaryl/α,β-unsaturated/α-hetero) is 1. The molecule has 0 N–H and O–H groups in total. The van der Waals surface area contributed by atoms with Crippen molar-refractivity contribution < 1.29 is 14.3 Å². The summed E-state index contributed by atoms with van der Waals surface area (Å²) in [6.07, 6.45) is 0. The number of esters is 1. The third-order valence-electron chi connectivity index (χ3n) is 2.19. The number of hydrogen-bond acceptors (Lipinski definition) is 3. The number of carbonyl (C=O) groups is 2. The van der Waals surface area contributed by atoms with Crippen molar-refractivity contribution in [2.45, 2.75) is 20.8 Å². The lowest BCUT2D eigenvalue weighted by Crippen LogP contribution is -2.18. The zero-order chi connectivity index (χ0) is 12.3. The minimum absolute atomic E-state index is 0.205. The highest BCUT2D eigenvalue weighted by atomic mass is 79.9. The summed E-state index contributed by atoms with van der Waals surface area (Å²) in [4.78, 5) is 23.1. The molecule has 0 amide bonds. The Morgan fingerprint density at radius 2 is 1.94 bits per heavy atom. The van der Waals surface area contributed by atoms with Gasteiger partial charge in [-0.05, 0) is 44.0 Å². The number of hydrogen-bond donors (Lipinski definition) is 0. The summed E-state index contributed by atoms with van der Waals surface area (Å²) < 4.78 is 5.51. The van der Waals surface area contributed by atoms with E-state index < -0.39 is 11.8 Å². The maximum absolute atomic E-state index is 11.8. The van der Waals surface area contributed by atoms with Crippen molar-refractivity contribution in [3.63, 3.8) is 0 Å². The van der Waals surface area contributed by atoms with Gasteiger partial charge in [0.15, 0.2) is 0 Å². The van der Waals surface area contributed by atoms with Gasteiger partial charge in [-0.1, -0.05) is 15.9 Å². The van der Waals surface area contributed by atoms with Gasteiger partial charge in [-0.25, -0.2) is 4.79 Å². The highest BCUT2D eigenvalue weighted by Gasteiger charge is 2.20. The lowest BCUT2D eigenvalue weighted by molar-refractivity contribution is -0.137. The molecule has 0 aliphatic rings. The molecule has 0 fully saturated rings. The van der Waals surface area contributed by atoms with Crippen LogP contribution in [0.1, 0.15) is 28.4 Å². The van der Waals surface area contributed by atoms with Crippen LogP contribution in [0.2, 0.25) is 0 Å². The number of carbonyl (C=O) groups excluding carboxylic acids is 2. The highest BCUT2D eigenvalue weighted by Crippen LogP contribution is 2.22. The van der Waals surface area contributed by atoms with Crippen molar-refractivity contribution in [1.82, 2.24) is 0 Å². The number of ether oxygens (including phenoxy) is 1. The molecule has 0 atom stereocenters. The summed E-state index contributed by atoms with van der Waals surface area (Å²) >= 11 is 3.35. The van der Waals surface area contributed by atoms with Gasteiger partial charge < -0.3 is 4.74 Å². The molecule has 1 aromatic rings. The first-order valence-corrected chi connectivity index (χ1v) is 5.74. The fourth-order valence-corrected chi connectivity index (χ4v) is 1.93. The molecule has 0 aliphatic carbocycles. The quantitative estimate of drug-likeness (QED) is 0.487. The molecule has 0 radical (unpaired) electrons. The number of halogens is 1. The number of benzene rings is 1. The van der Waals surface area contributed by atoms with Crippen molar-refractivity contribution in [1.29, 1.82) is 0 Å². The number of ketones is 1. The van der Waals surface area contributed by atoms with Crippen LogP contribution in [0.25, 0.3) is 0 Å². The smallest absolute Gasteiger partial charge is 0.379 e. The Morgan fingerprint density at radius 3 is 2.50 bits per heavy atom. The van der Waals surface area contributed by atoms with E-state index >= 15 is 0 Å². The standard InChI is InChI=1S/C12H13BrO3/c1-4-16-12(15)11(14)9-5-7(2)6-10(13)8(9)3/h5-6H,4H2,1-3H3. The summed E-state index contributed by atoms with van der Waals surface area (Å²) in [6, 6.07) is 3.59. The van der Waals surface area contributed by atoms with E-state index in [-0.39, 0.29) is 6.61 Å². The minimum atomic E-state index is -0.803. The van der Waals surface area contributed by atoms with Gasteiger partial charge in [0.1, 0.15) is 0 Å². The molecule has 4 heteroatoms. The normalized spacial score (nSPS) is 10.0. The van der Waals surface area contributed by atoms with Gasteiger partial charge in [0, 0.05) is 10.0 Å². The largest absolute Gasteiger partial charge is 0.460 e. The second-order valence-electron chi connectivity index (χ2n) is 3.47. The molecular formula is C12H13BrO3. The van der Waals surface area contributed by atoms with E-state index in [1.165, 1.54) is 0 Å². The second kappa shape index (κ2) is 5.25. The number of rotatable bonds is 3. The highest BCUT2D eigenvalue weighted by molar-refractivity contribution is 9.10. The topological polar surface area (TPSA) is 43.4 Å². The first-order chi connectivity index (χ1) is 7.47. The Balaban J connectivity index is 3.13. The maximum atomic E-state index is 11.8. The van der Waals surface area contributed by atoms with E-state index in [0.717, 1.165) is 15.6 Å². The van der Waals surface area contributed by atoms with E-state index in [0.29, 0.717) is 5.56 Å². The Morgan fingerprint density at radius 1 is 1.31 bits per heavy atom. The van der Waals surface area contributed by atoms with Gasteiger partial charge >= 0.3 is 5.97 Å². The zero-order valence-corrected chi connectivity index (χ0v) is 11.1. The van der Waals surface area contributed by atoms with Gasteiger partial charge in [0.25, 0.3) is 5.78 Å². The third-order valence-corrected chi connectivity index (χ3v) is 3.02. The summed E-state index contributed by atoms with van der Waals surface area (Å²) in [5.41, 5.74) is 2.07. The molecule has 0 bridgehead atoms. The Bertz CT molecular complexity index is 438. The van der Waals surface area contributed by atoms with E-state index in [1.807, 2.05) is 13.0 Å². The van der Waals surface area contributed by atoms with Crippen LogP contribution < -0.4 is 0 Å². The number of aryl methyl sites for hydroxylation is 1. The summed E-state index contributed by atoms with van der Waals surface area (Å²) in [6.45, 7) is 5.53. The van der Waals surface area contributed by atoms with Crippen LogP contribution in [-0.2, 0) is 9.53 Å². The Labute approximate surface area is 103 Å². The zero-order valence-electron chi connectivity index (χ0n) is 9.46. The second-order valence-corrected chi connectivity index (χ2v) is 4.32. The van der Waals surface area contributed by atoms with Crippen molar-refractivity contribution >= 4 is 27.7 Å². The molecule has 0 saturated carbocycles. The predicted molar refractivity (Wildman–Crippen MR) is 64.6 cm³/mol. The van der Waals surface area contributed by atoms with E-state index in [1.54, 1.807) is 19.9 Å². The molecule has 0 aromatic heterocycles. The van der Waals surface area contributed by atoms with Gasteiger partial charge in [0.2, 0.25) is 0 Å². The third kappa shape index (κ3) is 2.70. The Hall–Kier alpha value is -1.16. The van der Waals surface area contributed by atoms with Gasteiger partial charge in [-0.15, -0.1) is 0 Å². The van der Waals surface area contributed by atoms with E-state index in [4.69, 9.17) is 0 Å². The maximum Gasteiger partial charge on any atom is 0.379 e. The van der Waals surface area contributed by atoms with Crippen molar-refractivity contribution in [2.75, 3.05) is 6.61 Å². The van der Waals surface area contributed by atoms with E-state index in [2.05, 4.69) is 20.7 Å². The molecule has 86 valence electrons. The minimum Gasteiger partial charge on any atom is -0.460 e. The molecule has 1 aromatic carbocycles. The molecule has 0 heterocycles. The predicted octanol–water partition coefficient (Wildman–Crippen LogP) is 2.81. The monoisotopic (exact) mass is 284 g/mol. The van der Waals surface area contributed by atoms with Gasteiger partial charge in [-0.2, -0.15) is 0 Å². The SMILES string of the molecule is CCOC(=O)C(=O)c1cc(C)cc(Br)c1C. The fraction of sp³-hybridized carbons (Fsp3) is 0.333. The average Bonchev–Trinajstić information content (AvgIpc) is 2.22. The van der Waals surface area contributed by atoms with Crippen LogP contribution in [0.15, 0.2) is 16.6 Å². The lowest BCUT2D eigenvalue weighted by Gasteiger charge is -2.07. The van der Waals surface area contributed by atoms with E-state index in [9.17, 15) is 9.59 Å². The van der Waals surface area contributed by atoms with Crippen LogP contribution in [0.5, 0.6) is 0 Å². The molecular weight excluding hydrogens is 272 g/mol. The van der Waals surface area contributed by atoms with Crippen LogP contribution >= 0.6 is 15.9 Å². The summed E-state index contributed by atoms with van der Waals surface area (Å²) in [5, 5.41) is 0. The molecule has 0 aliphatic heterocycles. The summed E-state index contributed by atoms with van der Waals surface area (Å²) in [7, 11) is 0.